The van der Waals surface area contributed by atoms with Crippen molar-refractivity contribution in [1.82, 2.24) is 19.7 Å². The number of Topliss-reactive ketones (excluding diaryl/α,β-unsaturated/α-hetero) is 1. The van der Waals surface area contributed by atoms with Crippen molar-refractivity contribution >= 4 is 50.9 Å². The quantitative estimate of drug-likeness (QED) is 0.373. The molecule has 0 radical (unpaired) electrons. The lowest BCUT2D eigenvalue weighted by Gasteiger charge is -2.09. The fourth-order valence-electron chi connectivity index (χ4n) is 2.66. The number of carbonyl (C=O) groups excluding carboxylic acids is 1. The van der Waals surface area contributed by atoms with Gasteiger partial charge in [-0.1, -0.05) is 66.0 Å². The molecule has 2 aromatic heterocycles. The first-order valence-electron chi connectivity index (χ1n) is 8.75. The van der Waals surface area contributed by atoms with Gasteiger partial charge >= 0.3 is 0 Å². The second-order valence-electron chi connectivity index (χ2n) is 6.20. The molecule has 8 heteroatoms. The number of carbonyl (C=O) groups is 1. The summed E-state index contributed by atoms with van der Waals surface area (Å²) in [6.45, 7) is 2.28. The lowest BCUT2D eigenvalue weighted by atomic mass is 10.2. The first kappa shape index (κ1) is 19.2. The van der Waals surface area contributed by atoms with Crippen molar-refractivity contribution < 1.29 is 4.79 Å². The highest BCUT2D eigenvalue weighted by molar-refractivity contribution is 8.00. The van der Waals surface area contributed by atoms with Crippen molar-refractivity contribution in [3.8, 4) is 0 Å². The van der Waals surface area contributed by atoms with Crippen LogP contribution in [0.4, 0.5) is 0 Å². The Labute approximate surface area is 175 Å². The number of nitrogens with zero attached hydrogens (tertiary/aromatic N) is 4. The predicted molar refractivity (Wildman–Crippen MR) is 116 cm³/mol. The molecule has 0 atom stereocenters. The summed E-state index contributed by atoms with van der Waals surface area (Å²) in [5, 5.41) is 9.51. The third-order valence-electron chi connectivity index (χ3n) is 3.98. The summed E-state index contributed by atoms with van der Waals surface area (Å²) < 4.78 is 4.31. The molecule has 0 saturated carbocycles. The van der Waals surface area contributed by atoms with Gasteiger partial charge in [-0.3, -0.25) is 4.79 Å². The second-order valence-corrected chi connectivity index (χ2v) is 9.39. The van der Waals surface area contributed by atoms with E-state index in [9.17, 15) is 4.79 Å². The average molecular weight is 427 g/mol. The smallest absolute Gasteiger partial charge is 0.191 e. The van der Waals surface area contributed by atoms with Crippen LogP contribution < -0.4 is 0 Å². The molecule has 0 aliphatic heterocycles. The van der Waals surface area contributed by atoms with Gasteiger partial charge in [-0.15, -0.1) is 21.5 Å². The zero-order valence-corrected chi connectivity index (χ0v) is 17.7. The maximum atomic E-state index is 11.4. The van der Waals surface area contributed by atoms with Gasteiger partial charge in [0.15, 0.2) is 9.50 Å². The molecule has 0 amide bonds. The highest BCUT2D eigenvalue weighted by Crippen LogP contribution is 2.31. The van der Waals surface area contributed by atoms with E-state index in [4.69, 9.17) is 0 Å². The van der Waals surface area contributed by atoms with Crippen LogP contribution in [0.25, 0.3) is 10.2 Å². The predicted octanol–water partition coefficient (Wildman–Crippen LogP) is 4.91. The van der Waals surface area contributed by atoms with Crippen LogP contribution in [0.15, 0.2) is 64.1 Å². The summed E-state index contributed by atoms with van der Waals surface area (Å²) in [6.07, 6.45) is 0. The van der Waals surface area contributed by atoms with E-state index in [0.29, 0.717) is 18.1 Å². The largest absolute Gasteiger partial charge is 0.301 e. The summed E-state index contributed by atoms with van der Waals surface area (Å²) in [4.78, 5) is 16.1. The normalized spacial score (nSPS) is 11.2. The first-order valence-corrected chi connectivity index (χ1v) is 11.5. The lowest BCUT2D eigenvalue weighted by molar-refractivity contribution is -0.114. The Hall–Kier alpha value is -2.16. The van der Waals surface area contributed by atoms with Gasteiger partial charge < -0.3 is 4.57 Å². The molecule has 2 aromatic carbocycles. The Morgan fingerprint density at radius 2 is 1.82 bits per heavy atom. The molecule has 0 aliphatic rings. The number of ketones is 1. The van der Waals surface area contributed by atoms with E-state index in [2.05, 4.69) is 37.9 Å². The number of rotatable bonds is 8. The van der Waals surface area contributed by atoms with Crippen LogP contribution in [0.5, 0.6) is 0 Å². The van der Waals surface area contributed by atoms with E-state index in [1.807, 2.05) is 36.4 Å². The molecule has 0 aliphatic carbocycles. The summed E-state index contributed by atoms with van der Waals surface area (Å²) >= 11 is 4.80. The number of hydrogen-bond acceptors (Lipinski definition) is 7. The maximum Gasteiger partial charge on any atom is 0.191 e. The lowest BCUT2D eigenvalue weighted by Crippen LogP contribution is -2.07. The number of para-hydroxylation sites is 1. The zero-order valence-electron chi connectivity index (χ0n) is 15.2. The Bertz CT molecular complexity index is 1060. The van der Waals surface area contributed by atoms with Crippen LogP contribution in [0.1, 0.15) is 18.3 Å². The van der Waals surface area contributed by atoms with Gasteiger partial charge in [0, 0.05) is 0 Å². The van der Waals surface area contributed by atoms with Crippen LogP contribution in [0, 0.1) is 0 Å². The van der Waals surface area contributed by atoms with E-state index in [1.54, 1.807) is 30.0 Å². The molecule has 0 spiro atoms. The van der Waals surface area contributed by atoms with Crippen LogP contribution in [-0.2, 0) is 17.1 Å². The zero-order chi connectivity index (χ0) is 19.3. The summed E-state index contributed by atoms with van der Waals surface area (Å²) in [7, 11) is 0. The molecular weight excluding hydrogens is 408 g/mol. The monoisotopic (exact) mass is 426 g/mol. The highest BCUT2D eigenvalue weighted by Gasteiger charge is 2.15. The van der Waals surface area contributed by atoms with E-state index >= 15 is 0 Å². The summed E-state index contributed by atoms with van der Waals surface area (Å²) in [5.41, 5.74) is 2.21. The molecule has 0 fully saturated rings. The molecule has 142 valence electrons. The topological polar surface area (TPSA) is 60.7 Å². The standard InChI is InChI=1S/C20H18N4OS3/c1-14(25)12-26-19-23-22-18(24(19)11-15-7-3-2-4-8-15)13-27-20-21-16-9-5-6-10-17(16)28-20/h2-10H,11-13H2,1H3. The van der Waals surface area contributed by atoms with Gasteiger partial charge in [-0.05, 0) is 24.6 Å². The number of benzene rings is 2. The van der Waals surface area contributed by atoms with Gasteiger partial charge in [-0.25, -0.2) is 4.98 Å². The first-order chi connectivity index (χ1) is 13.7. The minimum atomic E-state index is 0.129. The molecule has 0 unspecified atom stereocenters. The number of fused-ring (bicyclic) bond motifs is 1. The Morgan fingerprint density at radius 3 is 2.61 bits per heavy atom. The molecule has 2 heterocycles. The Morgan fingerprint density at radius 1 is 1.04 bits per heavy atom. The van der Waals surface area contributed by atoms with Crippen molar-refractivity contribution in [3.63, 3.8) is 0 Å². The Balaban J connectivity index is 1.55. The molecule has 0 N–H and O–H groups in total. The van der Waals surface area contributed by atoms with Crippen molar-refractivity contribution in [2.45, 2.75) is 28.7 Å². The van der Waals surface area contributed by atoms with Gasteiger partial charge in [-0.2, -0.15) is 0 Å². The van der Waals surface area contributed by atoms with E-state index < -0.39 is 0 Å². The number of hydrogen-bond donors (Lipinski definition) is 0. The van der Waals surface area contributed by atoms with Crippen LogP contribution in [0.3, 0.4) is 0 Å². The van der Waals surface area contributed by atoms with E-state index in [-0.39, 0.29) is 5.78 Å². The molecule has 4 rings (SSSR count). The Kier molecular flexibility index (Phi) is 6.09. The third-order valence-corrected chi connectivity index (χ3v) is 7.27. The van der Waals surface area contributed by atoms with Gasteiger partial charge in [0.05, 0.1) is 28.3 Å². The molecule has 4 aromatic rings. The highest BCUT2D eigenvalue weighted by atomic mass is 32.2. The van der Waals surface area contributed by atoms with E-state index in [0.717, 1.165) is 20.8 Å². The van der Waals surface area contributed by atoms with Crippen LogP contribution >= 0.6 is 34.9 Å². The SMILES string of the molecule is CC(=O)CSc1nnc(CSc2nc3ccccc3s2)n1Cc1ccccc1. The molecule has 5 nitrogen and oxygen atoms in total. The van der Waals surface area contributed by atoms with E-state index in [1.165, 1.54) is 22.0 Å². The van der Waals surface area contributed by atoms with Crippen molar-refractivity contribution in [3.05, 3.63) is 66.0 Å². The fraction of sp³-hybridized carbons (Fsp3) is 0.200. The molecule has 0 saturated heterocycles. The van der Waals surface area contributed by atoms with Crippen molar-refractivity contribution in [1.29, 1.82) is 0 Å². The van der Waals surface area contributed by atoms with Gasteiger partial charge in [0.2, 0.25) is 0 Å². The maximum absolute atomic E-state index is 11.4. The summed E-state index contributed by atoms with van der Waals surface area (Å²) in [6, 6.07) is 18.4. The molecular formula is C20H18N4OS3. The fourth-order valence-corrected chi connectivity index (χ4v) is 5.43. The van der Waals surface area contributed by atoms with Gasteiger partial charge in [0.1, 0.15) is 11.6 Å². The molecule has 28 heavy (non-hydrogen) atoms. The second kappa shape index (κ2) is 8.89. The number of thioether (sulfide) groups is 2. The third kappa shape index (κ3) is 4.63. The number of thiazole rings is 1. The van der Waals surface area contributed by atoms with Crippen LogP contribution in [-0.4, -0.2) is 31.3 Å². The van der Waals surface area contributed by atoms with Crippen LogP contribution in [0.2, 0.25) is 0 Å². The molecule has 0 bridgehead atoms. The minimum Gasteiger partial charge on any atom is -0.301 e. The van der Waals surface area contributed by atoms with Gasteiger partial charge in [0.25, 0.3) is 0 Å². The number of aromatic nitrogens is 4. The minimum absolute atomic E-state index is 0.129. The van der Waals surface area contributed by atoms with Crippen molar-refractivity contribution in [2.75, 3.05) is 5.75 Å². The van der Waals surface area contributed by atoms with Crippen molar-refractivity contribution in [2.24, 2.45) is 0 Å². The summed E-state index contributed by atoms with van der Waals surface area (Å²) in [5.74, 6) is 2.10. The average Bonchev–Trinajstić information content (AvgIpc) is 3.29.